The molecule has 1 aromatic heterocycles. The summed E-state index contributed by atoms with van der Waals surface area (Å²) in [7, 11) is 0. The van der Waals surface area contributed by atoms with Gasteiger partial charge in [-0.1, -0.05) is 0 Å². The number of hydrogen-bond donors (Lipinski definition) is 2. The second-order valence-electron chi connectivity index (χ2n) is 4.14. The number of carbonyl (C=O) groups is 1. The highest BCUT2D eigenvalue weighted by Gasteiger charge is 2.12. The van der Waals surface area contributed by atoms with Crippen molar-refractivity contribution in [3.05, 3.63) is 44.6 Å². The molecule has 3 nitrogen and oxygen atoms in total. The van der Waals surface area contributed by atoms with Gasteiger partial charge >= 0.3 is 0 Å². The van der Waals surface area contributed by atoms with E-state index in [9.17, 15) is 4.79 Å². The Morgan fingerprint density at radius 1 is 1.39 bits per heavy atom. The number of anilines is 2. The topological polar surface area (TPSA) is 41.1 Å². The van der Waals surface area contributed by atoms with Crippen LogP contribution in [-0.2, 0) is 6.42 Å². The first-order valence-electron chi connectivity index (χ1n) is 5.64. The van der Waals surface area contributed by atoms with Gasteiger partial charge in [-0.15, -0.1) is 11.3 Å². The third kappa shape index (κ3) is 2.28. The summed E-state index contributed by atoms with van der Waals surface area (Å²) in [5, 5.41) is 8.06. The molecule has 1 aromatic carbocycles. The number of hydrogen-bond acceptors (Lipinski definition) is 3. The Kier molecular flexibility index (Phi) is 3.09. The Hall–Kier alpha value is -1.33. The van der Waals surface area contributed by atoms with E-state index < -0.39 is 0 Å². The van der Waals surface area contributed by atoms with Crippen LogP contribution in [0.3, 0.4) is 0 Å². The van der Waals surface area contributed by atoms with Gasteiger partial charge < -0.3 is 10.6 Å². The second kappa shape index (κ2) is 4.74. The number of thiophene rings is 1. The Bertz CT molecular complexity index is 609. The smallest absolute Gasteiger partial charge is 0.256 e. The number of nitrogens with one attached hydrogen (secondary N) is 2. The van der Waals surface area contributed by atoms with E-state index in [4.69, 9.17) is 0 Å². The molecule has 92 valence electrons. The average molecular weight is 323 g/mol. The van der Waals surface area contributed by atoms with Crippen LogP contribution in [0.15, 0.2) is 33.4 Å². The number of amides is 1. The van der Waals surface area contributed by atoms with Gasteiger partial charge in [-0.2, -0.15) is 0 Å². The number of benzene rings is 1. The summed E-state index contributed by atoms with van der Waals surface area (Å²) >= 11 is 4.87. The summed E-state index contributed by atoms with van der Waals surface area (Å²) in [6.45, 7) is 0.976. The molecule has 18 heavy (non-hydrogen) atoms. The van der Waals surface area contributed by atoms with Crippen molar-refractivity contribution in [2.75, 3.05) is 17.2 Å². The first-order chi connectivity index (χ1) is 8.72. The summed E-state index contributed by atoms with van der Waals surface area (Å²) in [5.41, 5.74) is 3.97. The Morgan fingerprint density at radius 3 is 3.06 bits per heavy atom. The first-order valence-corrected chi connectivity index (χ1v) is 7.32. The molecule has 0 bridgehead atoms. The van der Waals surface area contributed by atoms with Gasteiger partial charge in [0.1, 0.15) is 0 Å². The minimum atomic E-state index is -0.0668. The third-order valence-electron chi connectivity index (χ3n) is 2.90. The van der Waals surface area contributed by atoms with Gasteiger partial charge in [-0.3, -0.25) is 4.79 Å². The van der Waals surface area contributed by atoms with Crippen molar-refractivity contribution in [2.24, 2.45) is 0 Å². The summed E-state index contributed by atoms with van der Waals surface area (Å²) in [4.78, 5) is 12.0. The molecular formula is C13H11BrN2OS. The van der Waals surface area contributed by atoms with Crippen molar-refractivity contribution < 1.29 is 4.79 Å². The van der Waals surface area contributed by atoms with Crippen LogP contribution in [-0.4, -0.2) is 12.5 Å². The molecule has 2 heterocycles. The average Bonchev–Trinajstić information content (AvgIpc) is 2.96. The van der Waals surface area contributed by atoms with Crippen LogP contribution in [0.5, 0.6) is 0 Å². The third-order valence-corrected chi connectivity index (χ3v) is 4.41. The van der Waals surface area contributed by atoms with Crippen molar-refractivity contribution in [3.63, 3.8) is 0 Å². The summed E-state index contributed by atoms with van der Waals surface area (Å²) in [6, 6.07) is 7.81. The van der Waals surface area contributed by atoms with E-state index in [1.807, 2.05) is 29.6 Å². The second-order valence-corrected chi connectivity index (χ2v) is 6.43. The summed E-state index contributed by atoms with van der Waals surface area (Å²) < 4.78 is 0.964. The van der Waals surface area contributed by atoms with Crippen molar-refractivity contribution in [1.82, 2.24) is 0 Å². The highest BCUT2D eigenvalue weighted by molar-refractivity contribution is 9.11. The molecule has 1 amide bonds. The maximum atomic E-state index is 12.0. The highest BCUT2D eigenvalue weighted by atomic mass is 79.9. The zero-order valence-corrected chi connectivity index (χ0v) is 11.9. The van der Waals surface area contributed by atoms with Gasteiger partial charge in [0, 0.05) is 23.3 Å². The molecule has 0 fully saturated rings. The summed E-state index contributed by atoms with van der Waals surface area (Å²) in [6.07, 6.45) is 1.02. The van der Waals surface area contributed by atoms with E-state index in [0.717, 1.165) is 22.4 Å². The predicted molar refractivity (Wildman–Crippen MR) is 78.6 cm³/mol. The highest BCUT2D eigenvalue weighted by Crippen LogP contribution is 2.26. The lowest BCUT2D eigenvalue weighted by atomic mass is 10.1. The molecule has 0 saturated heterocycles. The maximum absolute atomic E-state index is 12.0. The standard InChI is InChI=1S/C13H11BrN2OS/c14-12-6-9(7-18-12)13(17)16-10-1-2-11-8(5-10)3-4-15-11/h1-2,5-7,15H,3-4H2,(H,16,17). The predicted octanol–water partition coefficient (Wildman–Crippen LogP) is 3.73. The van der Waals surface area contributed by atoms with Gasteiger partial charge in [-0.05, 0) is 52.2 Å². The van der Waals surface area contributed by atoms with E-state index in [2.05, 4.69) is 26.6 Å². The van der Waals surface area contributed by atoms with Crippen molar-refractivity contribution >= 4 is 44.5 Å². The van der Waals surface area contributed by atoms with Crippen molar-refractivity contribution in [3.8, 4) is 0 Å². The van der Waals surface area contributed by atoms with Crippen LogP contribution in [0.4, 0.5) is 11.4 Å². The Labute approximate surface area is 117 Å². The van der Waals surface area contributed by atoms with E-state index >= 15 is 0 Å². The van der Waals surface area contributed by atoms with Crippen LogP contribution in [0.25, 0.3) is 0 Å². The number of rotatable bonds is 2. The lowest BCUT2D eigenvalue weighted by Crippen LogP contribution is -2.10. The van der Waals surface area contributed by atoms with Crippen LogP contribution < -0.4 is 10.6 Å². The van der Waals surface area contributed by atoms with Gasteiger partial charge in [0.15, 0.2) is 0 Å². The molecule has 0 aliphatic carbocycles. The molecule has 2 aromatic rings. The van der Waals surface area contributed by atoms with E-state index in [-0.39, 0.29) is 5.91 Å². The number of fused-ring (bicyclic) bond motifs is 1. The fourth-order valence-electron chi connectivity index (χ4n) is 2.02. The first kappa shape index (κ1) is 11.7. The van der Waals surface area contributed by atoms with Crippen LogP contribution in [0.1, 0.15) is 15.9 Å². The van der Waals surface area contributed by atoms with Crippen LogP contribution in [0.2, 0.25) is 0 Å². The fraction of sp³-hybridized carbons (Fsp3) is 0.154. The molecule has 2 N–H and O–H groups in total. The minimum absolute atomic E-state index is 0.0668. The van der Waals surface area contributed by atoms with Crippen LogP contribution >= 0.6 is 27.3 Å². The Morgan fingerprint density at radius 2 is 2.28 bits per heavy atom. The SMILES string of the molecule is O=C(Nc1ccc2c(c1)CCN2)c1csc(Br)c1. The number of carbonyl (C=O) groups excluding carboxylic acids is 1. The fourth-order valence-corrected chi connectivity index (χ4v) is 3.15. The molecule has 0 radical (unpaired) electrons. The van der Waals surface area contributed by atoms with E-state index in [1.54, 1.807) is 0 Å². The van der Waals surface area contributed by atoms with Gasteiger partial charge in [-0.25, -0.2) is 0 Å². The molecule has 1 aliphatic heterocycles. The van der Waals surface area contributed by atoms with Gasteiger partial charge in [0.05, 0.1) is 9.35 Å². The van der Waals surface area contributed by atoms with Crippen molar-refractivity contribution in [1.29, 1.82) is 0 Å². The van der Waals surface area contributed by atoms with Gasteiger partial charge in [0.25, 0.3) is 5.91 Å². The molecule has 1 aliphatic rings. The largest absolute Gasteiger partial charge is 0.384 e. The zero-order valence-electron chi connectivity index (χ0n) is 9.50. The lowest BCUT2D eigenvalue weighted by Gasteiger charge is -2.06. The molecule has 3 rings (SSSR count). The molecule has 0 saturated carbocycles. The quantitative estimate of drug-likeness (QED) is 0.884. The van der Waals surface area contributed by atoms with Gasteiger partial charge in [0.2, 0.25) is 0 Å². The molecular weight excluding hydrogens is 312 g/mol. The van der Waals surface area contributed by atoms with Crippen molar-refractivity contribution in [2.45, 2.75) is 6.42 Å². The maximum Gasteiger partial charge on any atom is 0.256 e. The molecule has 0 atom stereocenters. The lowest BCUT2D eigenvalue weighted by molar-refractivity contribution is 0.102. The van der Waals surface area contributed by atoms with Crippen LogP contribution in [0, 0.1) is 0 Å². The zero-order chi connectivity index (χ0) is 12.5. The molecule has 0 unspecified atom stereocenters. The van der Waals surface area contributed by atoms with E-state index in [0.29, 0.717) is 5.56 Å². The normalized spacial score (nSPS) is 12.9. The monoisotopic (exact) mass is 322 g/mol. The van der Waals surface area contributed by atoms with E-state index in [1.165, 1.54) is 22.6 Å². The summed E-state index contributed by atoms with van der Waals surface area (Å²) in [5.74, 6) is -0.0668. The number of halogens is 1. The minimum Gasteiger partial charge on any atom is -0.384 e. The Balaban J connectivity index is 1.78. The molecule has 0 spiro atoms. The molecule has 5 heteroatoms.